The third-order valence-electron chi connectivity index (χ3n) is 3.72. The van der Waals surface area contributed by atoms with Crippen LogP contribution in [-0.4, -0.2) is 23.1 Å². The zero-order valence-corrected chi connectivity index (χ0v) is 14.1. The molecule has 2 aromatic carbocycles. The van der Waals surface area contributed by atoms with Crippen molar-refractivity contribution >= 4 is 11.7 Å². The van der Waals surface area contributed by atoms with Gasteiger partial charge in [0.25, 0.3) is 0 Å². The van der Waals surface area contributed by atoms with E-state index in [4.69, 9.17) is 0 Å². The number of para-hydroxylation sites is 2. The summed E-state index contributed by atoms with van der Waals surface area (Å²) in [6.45, 7) is 6.69. The highest BCUT2D eigenvalue weighted by Gasteiger charge is 2.19. The van der Waals surface area contributed by atoms with Gasteiger partial charge in [0.2, 0.25) is 0 Å². The van der Waals surface area contributed by atoms with E-state index in [1.807, 2.05) is 36.4 Å². The average molecular weight is 312 g/mol. The van der Waals surface area contributed by atoms with Crippen LogP contribution in [0, 0.1) is 0 Å². The molecule has 0 aliphatic carbocycles. The minimum Gasteiger partial charge on any atom is -0.508 e. The van der Waals surface area contributed by atoms with Gasteiger partial charge in [-0.15, -0.1) is 0 Å². The first-order chi connectivity index (χ1) is 10.8. The highest BCUT2D eigenvalue weighted by atomic mass is 16.3. The standard InChI is InChI=1S/C19H24N2O2/c1-19(2,3)15-10-6-7-11-16(15)20-18(23)21(4)13-14-9-5-8-12-17(14)22/h5-12,22H,13H2,1-4H3,(H,20,23). The van der Waals surface area contributed by atoms with E-state index < -0.39 is 0 Å². The van der Waals surface area contributed by atoms with E-state index in [1.165, 1.54) is 0 Å². The summed E-state index contributed by atoms with van der Waals surface area (Å²) >= 11 is 0. The van der Waals surface area contributed by atoms with Crippen molar-refractivity contribution in [2.24, 2.45) is 0 Å². The molecule has 2 aromatic rings. The number of carbonyl (C=O) groups excluding carboxylic acids is 1. The summed E-state index contributed by atoms with van der Waals surface area (Å²) in [5.74, 6) is 0.197. The van der Waals surface area contributed by atoms with Gasteiger partial charge in [-0.25, -0.2) is 4.79 Å². The van der Waals surface area contributed by atoms with Crippen molar-refractivity contribution in [2.45, 2.75) is 32.7 Å². The number of phenolic OH excluding ortho intramolecular Hbond substituents is 1. The largest absolute Gasteiger partial charge is 0.508 e. The predicted octanol–water partition coefficient (Wildman–Crippen LogP) is 4.35. The second-order valence-electron chi connectivity index (χ2n) is 6.71. The molecule has 0 saturated heterocycles. The van der Waals surface area contributed by atoms with Crippen LogP contribution >= 0.6 is 0 Å². The monoisotopic (exact) mass is 312 g/mol. The Morgan fingerprint density at radius 1 is 1.09 bits per heavy atom. The number of carbonyl (C=O) groups is 1. The van der Waals surface area contributed by atoms with Crippen molar-refractivity contribution in [3.05, 3.63) is 59.7 Å². The van der Waals surface area contributed by atoms with Gasteiger partial charge in [0, 0.05) is 18.3 Å². The molecule has 2 rings (SSSR count). The Labute approximate surface area is 137 Å². The average Bonchev–Trinajstić information content (AvgIpc) is 2.49. The molecule has 4 nitrogen and oxygen atoms in total. The normalized spacial score (nSPS) is 11.1. The van der Waals surface area contributed by atoms with Crippen molar-refractivity contribution in [1.29, 1.82) is 0 Å². The smallest absolute Gasteiger partial charge is 0.321 e. The van der Waals surface area contributed by atoms with Crippen LogP contribution in [0.1, 0.15) is 31.9 Å². The van der Waals surface area contributed by atoms with Gasteiger partial charge in [0.05, 0.1) is 6.54 Å². The maximum atomic E-state index is 12.4. The Kier molecular flexibility index (Phi) is 4.94. The van der Waals surface area contributed by atoms with Gasteiger partial charge in [-0.05, 0) is 23.1 Å². The summed E-state index contributed by atoms with van der Waals surface area (Å²) in [5.41, 5.74) is 2.56. The summed E-state index contributed by atoms with van der Waals surface area (Å²) in [5, 5.41) is 12.8. The molecule has 0 aromatic heterocycles. The number of anilines is 1. The number of benzene rings is 2. The number of nitrogens with one attached hydrogen (secondary N) is 1. The van der Waals surface area contributed by atoms with Crippen molar-refractivity contribution in [3.63, 3.8) is 0 Å². The van der Waals surface area contributed by atoms with E-state index in [2.05, 4.69) is 26.1 Å². The van der Waals surface area contributed by atoms with E-state index in [-0.39, 0.29) is 17.2 Å². The maximum Gasteiger partial charge on any atom is 0.321 e. The molecule has 0 aliphatic heterocycles. The molecule has 0 radical (unpaired) electrons. The molecule has 2 amide bonds. The Bertz CT molecular complexity index is 690. The zero-order valence-electron chi connectivity index (χ0n) is 14.1. The van der Waals surface area contributed by atoms with Gasteiger partial charge in [-0.2, -0.15) is 0 Å². The van der Waals surface area contributed by atoms with Crippen LogP contribution in [0.5, 0.6) is 5.75 Å². The first-order valence-electron chi connectivity index (χ1n) is 7.67. The number of hydrogen-bond donors (Lipinski definition) is 2. The molecule has 122 valence electrons. The molecule has 0 atom stereocenters. The van der Waals surface area contributed by atoms with E-state index in [0.29, 0.717) is 12.1 Å². The van der Waals surface area contributed by atoms with Gasteiger partial charge in [-0.3, -0.25) is 0 Å². The Balaban J connectivity index is 2.12. The van der Waals surface area contributed by atoms with Crippen LogP contribution < -0.4 is 5.32 Å². The fourth-order valence-electron chi connectivity index (χ4n) is 2.43. The van der Waals surface area contributed by atoms with Gasteiger partial charge in [0.15, 0.2) is 0 Å². The second-order valence-corrected chi connectivity index (χ2v) is 6.71. The number of nitrogens with zero attached hydrogens (tertiary/aromatic N) is 1. The lowest BCUT2D eigenvalue weighted by molar-refractivity contribution is 0.220. The predicted molar refractivity (Wildman–Crippen MR) is 93.7 cm³/mol. The topological polar surface area (TPSA) is 52.6 Å². The van der Waals surface area contributed by atoms with E-state index in [1.54, 1.807) is 24.1 Å². The maximum absolute atomic E-state index is 12.4. The fraction of sp³-hybridized carbons (Fsp3) is 0.316. The molecule has 0 aliphatic rings. The van der Waals surface area contributed by atoms with E-state index in [9.17, 15) is 9.90 Å². The van der Waals surface area contributed by atoms with E-state index in [0.717, 1.165) is 11.3 Å². The lowest BCUT2D eigenvalue weighted by atomic mass is 9.86. The summed E-state index contributed by atoms with van der Waals surface area (Å²) < 4.78 is 0. The fourth-order valence-corrected chi connectivity index (χ4v) is 2.43. The van der Waals surface area contributed by atoms with Crippen LogP contribution in [0.2, 0.25) is 0 Å². The van der Waals surface area contributed by atoms with Crippen LogP contribution in [0.3, 0.4) is 0 Å². The van der Waals surface area contributed by atoms with Crippen molar-refractivity contribution < 1.29 is 9.90 Å². The molecular formula is C19H24N2O2. The Hall–Kier alpha value is -2.49. The van der Waals surface area contributed by atoms with E-state index >= 15 is 0 Å². The highest BCUT2D eigenvalue weighted by molar-refractivity contribution is 5.90. The quantitative estimate of drug-likeness (QED) is 0.885. The lowest BCUT2D eigenvalue weighted by Crippen LogP contribution is -2.31. The molecule has 0 fully saturated rings. The number of hydrogen-bond acceptors (Lipinski definition) is 2. The summed E-state index contributed by atoms with van der Waals surface area (Å²) in [6, 6.07) is 14.7. The third kappa shape index (κ3) is 4.25. The van der Waals surface area contributed by atoms with Crippen molar-refractivity contribution in [2.75, 3.05) is 12.4 Å². The number of urea groups is 1. The number of amides is 2. The number of phenols is 1. The number of rotatable bonds is 3. The van der Waals surface area contributed by atoms with Crippen LogP contribution in [0.25, 0.3) is 0 Å². The molecule has 0 heterocycles. The van der Waals surface area contributed by atoms with Gasteiger partial charge in [0.1, 0.15) is 5.75 Å². The zero-order chi connectivity index (χ0) is 17.0. The van der Waals surface area contributed by atoms with Crippen LogP contribution in [0.4, 0.5) is 10.5 Å². The molecule has 4 heteroatoms. The highest BCUT2D eigenvalue weighted by Crippen LogP contribution is 2.29. The molecule has 0 unspecified atom stereocenters. The molecule has 0 spiro atoms. The first-order valence-corrected chi connectivity index (χ1v) is 7.67. The third-order valence-corrected chi connectivity index (χ3v) is 3.72. The Morgan fingerprint density at radius 2 is 1.70 bits per heavy atom. The van der Waals surface area contributed by atoms with Crippen LogP contribution in [0.15, 0.2) is 48.5 Å². The van der Waals surface area contributed by atoms with Gasteiger partial charge in [-0.1, -0.05) is 57.2 Å². The van der Waals surface area contributed by atoms with Gasteiger partial charge >= 0.3 is 6.03 Å². The molecule has 23 heavy (non-hydrogen) atoms. The van der Waals surface area contributed by atoms with Gasteiger partial charge < -0.3 is 15.3 Å². The van der Waals surface area contributed by atoms with Crippen molar-refractivity contribution in [3.8, 4) is 5.75 Å². The second kappa shape index (κ2) is 6.73. The first kappa shape index (κ1) is 16.9. The van der Waals surface area contributed by atoms with Crippen LogP contribution in [-0.2, 0) is 12.0 Å². The minimum absolute atomic E-state index is 0.0554. The summed E-state index contributed by atoms with van der Waals surface area (Å²) in [4.78, 5) is 14.0. The molecular weight excluding hydrogens is 288 g/mol. The summed E-state index contributed by atoms with van der Waals surface area (Å²) in [6.07, 6.45) is 0. The SMILES string of the molecule is CN(Cc1ccccc1O)C(=O)Nc1ccccc1C(C)(C)C. The minimum atomic E-state index is -0.204. The molecule has 0 bridgehead atoms. The Morgan fingerprint density at radius 3 is 2.35 bits per heavy atom. The van der Waals surface area contributed by atoms with Crippen molar-refractivity contribution in [1.82, 2.24) is 4.90 Å². The lowest BCUT2D eigenvalue weighted by Gasteiger charge is -2.25. The summed E-state index contributed by atoms with van der Waals surface area (Å²) in [7, 11) is 1.71. The molecule has 0 saturated carbocycles. The number of aromatic hydroxyl groups is 1. The molecule has 2 N–H and O–H groups in total.